The van der Waals surface area contributed by atoms with Gasteiger partial charge in [0.05, 0.1) is 4.88 Å². The molecule has 126 valence electrons. The molecule has 0 aromatic carbocycles. The molecule has 1 saturated carbocycles. The second-order valence-electron chi connectivity index (χ2n) is 6.36. The first kappa shape index (κ1) is 16.8. The van der Waals surface area contributed by atoms with Crippen LogP contribution >= 0.6 is 11.3 Å². The van der Waals surface area contributed by atoms with Gasteiger partial charge in [-0.2, -0.15) is 0 Å². The van der Waals surface area contributed by atoms with Gasteiger partial charge in [-0.15, -0.1) is 23.7 Å². The van der Waals surface area contributed by atoms with E-state index in [-0.39, 0.29) is 5.91 Å². The van der Waals surface area contributed by atoms with Crippen LogP contribution in [-0.4, -0.2) is 17.6 Å². The average Bonchev–Trinajstić information content (AvgIpc) is 3.22. The van der Waals surface area contributed by atoms with Gasteiger partial charge in [-0.1, -0.05) is 30.5 Å². The summed E-state index contributed by atoms with van der Waals surface area (Å²) in [6.07, 6.45) is 12.4. The molecule has 2 aromatic rings. The van der Waals surface area contributed by atoms with Crippen molar-refractivity contribution in [1.82, 2.24) is 10.5 Å². The molecule has 5 heteroatoms. The molecule has 0 radical (unpaired) electrons. The predicted molar refractivity (Wildman–Crippen MR) is 95.7 cm³/mol. The van der Waals surface area contributed by atoms with Crippen molar-refractivity contribution in [1.29, 1.82) is 0 Å². The van der Waals surface area contributed by atoms with Gasteiger partial charge in [-0.05, 0) is 36.6 Å². The molecule has 2 heterocycles. The minimum absolute atomic E-state index is 0.169. The molecule has 1 amide bonds. The van der Waals surface area contributed by atoms with E-state index in [4.69, 9.17) is 10.9 Å². The lowest BCUT2D eigenvalue weighted by atomic mass is 9.73. The Hall–Kier alpha value is -2.06. The van der Waals surface area contributed by atoms with Gasteiger partial charge in [0.2, 0.25) is 0 Å². The van der Waals surface area contributed by atoms with Gasteiger partial charge in [0, 0.05) is 18.5 Å². The normalized spacial score (nSPS) is 19.5. The summed E-state index contributed by atoms with van der Waals surface area (Å²) >= 11 is 1.56. The van der Waals surface area contributed by atoms with Gasteiger partial charge in [-0.3, -0.25) is 4.79 Å². The second kappa shape index (κ2) is 8.16. The van der Waals surface area contributed by atoms with Crippen molar-refractivity contribution in [2.45, 2.75) is 38.5 Å². The third kappa shape index (κ3) is 4.27. The third-order valence-corrected chi connectivity index (χ3v) is 5.44. The van der Waals surface area contributed by atoms with Crippen molar-refractivity contribution < 1.29 is 9.32 Å². The molecule has 1 aliphatic rings. The van der Waals surface area contributed by atoms with Gasteiger partial charge < -0.3 is 9.84 Å². The zero-order chi connectivity index (χ0) is 16.8. The molecular formula is C19H22N2O2S. The van der Waals surface area contributed by atoms with Crippen LogP contribution in [0, 0.1) is 24.2 Å². The smallest absolute Gasteiger partial charge is 0.273 e. The van der Waals surface area contributed by atoms with E-state index in [1.165, 1.54) is 25.7 Å². The zero-order valence-corrected chi connectivity index (χ0v) is 14.5. The van der Waals surface area contributed by atoms with Gasteiger partial charge in [0.25, 0.3) is 5.91 Å². The Labute approximate surface area is 146 Å². The lowest BCUT2D eigenvalue weighted by Gasteiger charge is -2.31. The van der Waals surface area contributed by atoms with Crippen LogP contribution in [0.2, 0.25) is 0 Å². The van der Waals surface area contributed by atoms with Crippen LogP contribution in [0.1, 0.15) is 49.0 Å². The lowest BCUT2D eigenvalue weighted by molar-refractivity contribution is 0.0944. The minimum Gasteiger partial charge on any atom is -0.355 e. The van der Waals surface area contributed by atoms with Gasteiger partial charge in [0.1, 0.15) is 0 Å². The average molecular weight is 342 g/mol. The first-order valence-electron chi connectivity index (χ1n) is 8.51. The monoisotopic (exact) mass is 342 g/mol. The number of carbonyl (C=O) groups excluding carboxylic acids is 1. The molecule has 2 aromatic heterocycles. The summed E-state index contributed by atoms with van der Waals surface area (Å²) in [5.41, 5.74) is 0.341. The molecule has 0 atom stereocenters. The Morgan fingerprint density at radius 2 is 2.29 bits per heavy atom. The molecule has 3 rings (SSSR count). The first-order valence-corrected chi connectivity index (χ1v) is 9.39. The predicted octanol–water partition coefficient (Wildman–Crippen LogP) is 4.35. The molecule has 1 fully saturated rings. The van der Waals surface area contributed by atoms with Crippen LogP contribution in [0.3, 0.4) is 0 Å². The van der Waals surface area contributed by atoms with Crippen LogP contribution in [0.15, 0.2) is 28.1 Å². The Bertz CT molecular complexity index is 693. The first-order chi connectivity index (χ1) is 11.8. The van der Waals surface area contributed by atoms with E-state index >= 15 is 0 Å². The molecule has 0 saturated heterocycles. The highest BCUT2D eigenvalue weighted by Crippen LogP contribution is 2.36. The molecule has 4 nitrogen and oxygen atoms in total. The quantitative estimate of drug-likeness (QED) is 0.573. The van der Waals surface area contributed by atoms with E-state index in [0.29, 0.717) is 23.9 Å². The number of amides is 1. The number of carbonyl (C=O) groups is 1. The van der Waals surface area contributed by atoms with E-state index in [1.807, 2.05) is 17.5 Å². The third-order valence-electron chi connectivity index (χ3n) is 4.55. The number of terminal acetylenes is 1. The van der Waals surface area contributed by atoms with Gasteiger partial charge in [-0.25, -0.2) is 0 Å². The topological polar surface area (TPSA) is 55.1 Å². The largest absolute Gasteiger partial charge is 0.355 e. The van der Waals surface area contributed by atoms with Crippen molar-refractivity contribution in [3.8, 4) is 23.0 Å². The fourth-order valence-corrected chi connectivity index (χ4v) is 3.73. The second-order valence-corrected chi connectivity index (χ2v) is 7.31. The summed E-state index contributed by atoms with van der Waals surface area (Å²) in [6.45, 7) is 0.678. The molecule has 24 heavy (non-hydrogen) atoms. The SMILES string of the molecule is C#CC1CC(CCCCCNC(=O)c2cc(-c3cccs3)on2)C1. The molecular weight excluding hydrogens is 320 g/mol. The van der Waals surface area contributed by atoms with Crippen LogP contribution in [-0.2, 0) is 0 Å². The van der Waals surface area contributed by atoms with Crippen molar-refractivity contribution in [2.75, 3.05) is 6.54 Å². The van der Waals surface area contributed by atoms with E-state index in [9.17, 15) is 4.79 Å². The van der Waals surface area contributed by atoms with E-state index in [1.54, 1.807) is 17.4 Å². The Balaban J connectivity index is 1.30. The maximum absolute atomic E-state index is 12.0. The van der Waals surface area contributed by atoms with Crippen LogP contribution in [0.25, 0.3) is 10.6 Å². The molecule has 0 spiro atoms. The van der Waals surface area contributed by atoms with Crippen LogP contribution < -0.4 is 5.32 Å². The molecule has 0 aliphatic heterocycles. The Kier molecular flexibility index (Phi) is 5.71. The van der Waals surface area contributed by atoms with Crippen molar-refractivity contribution >= 4 is 17.2 Å². The molecule has 1 aliphatic carbocycles. The number of nitrogens with zero attached hydrogens (tertiary/aromatic N) is 1. The number of nitrogens with one attached hydrogen (secondary N) is 1. The highest BCUT2D eigenvalue weighted by Gasteiger charge is 2.26. The summed E-state index contributed by atoms with van der Waals surface area (Å²) < 4.78 is 5.22. The number of thiophene rings is 1. The molecule has 1 N–H and O–H groups in total. The number of unbranched alkanes of at least 4 members (excludes halogenated alkanes) is 2. The number of hydrogen-bond acceptors (Lipinski definition) is 4. The summed E-state index contributed by atoms with van der Waals surface area (Å²) in [7, 11) is 0. The van der Waals surface area contributed by atoms with Crippen molar-refractivity contribution in [3.05, 3.63) is 29.3 Å². The number of aromatic nitrogens is 1. The highest BCUT2D eigenvalue weighted by atomic mass is 32.1. The fraction of sp³-hybridized carbons (Fsp3) is 0.474. The standard InChI is InChI=1S/C19H22N2O2S/c1-2-14-11-15(12-14)7-4-3-5-9-20-19(22)16-13-17(23-21-16)18-8-6-10-24-18/h1,6,8,10,13-15H,3-5,7,9,11-12H2,(H,20,22). The molecule has 0 unspecified atom stereocenters. The Morgan fingerprint density at radius 3 is 3.04 bits per heavy atom. The fourth-order valence-electron chi connectivity index (χ4n) is 3.05. The van der Waals surface area contributed by atoms with Gasteiger partial charge >= 0.3 is 0 Å². The van der Waals surface area contributed by atoms with Crippen molar-refractivity contribution in [3.63, 3.8) is 0 Å². The summed E-state index contributed by atoms with van der Waals surface area (Å²) in [6, 6.07) is 5.58. The maximum Gasteiger partial charge on any atom is 0.273 e. The summed E-state index contributed by atoms with van der Waals surface area (Å²) in [4.78, 5) is 13.0. The number of hydrogen-bond donors (Lipinski definition) is 1. The maximum atomic E-state index is 12.0. The van der Waals surface area contributed by atoms with Crippen LogP contribution in [0.4, 0.5) is 0 Å². The van der Waals surface area contributed by atoms with Gasteiger partial charge in [0.15, 0.2) is 11.5 Å². The van der Waals surface area contributed by atoms with E-state index < -0.39 is 0 Å². The lowest BCUT2D eigenvalue weighted by Crippen LogP contribution is -2.25. The van der Waals surface area contributed by atoms with Crippen LogP contribution in [0.5, 0.6) is 0 Å². The molecule has 0 bridgehead atoms. The number of rotatable bonds is 8. The van der Waals surface area contributed by atoms with E-state index in [0.717, 1.165) is 23.6 Å². The summed E-state index contributed by atoms with van der Waals surface area (Å²) in [5.74, 6) is 4.64. The minimum atomic E-state index is -0.169. The Morgan fingerprint density at radius 1 is 1.42 bits per heavy atom. The van der Waals surface area contributed by atoms with Crippen molar-refractivity contribution in [2.24, 2.45) is 11.8 Å². The zero-order valence-electron chi connectivity index (χ0n) is 13.7. The highest BCUT2D eigenvalue weighted by molar-refractivity contribution is 7.13. The summed E-state index contributed by atoms with van der Waals surface area (Å²) in [5, 5.41) is 8.72. The van der Waals surface area contributed by atoms with E-state index in [2.05, 4.69) is 16.4 Å².